The molecule has 0 fully saturated rings. The fourth-order valence-electron chi connectivity index (χ4n) is 2.96. The molecule has 1 aromatic carbocycles. The number of aryl methyl sites for hydroxylation is 1. The Bertz CT molecular complexity index is 624. The number of methoxy groups -OCH3 is 1. The van der Waals surface area contributed by atoms with Crippen molar-refractivity contribution >= 4 is 0 Å². The van der Waals surface area contributed by atoms with Crippen LogP contribution in [-0.4, -0.2) is 39.9 Å². The Morgan fingerprint density at radius 2 is 2.24 bits per heavy atom. The van der Waals surface area contributed by atoms with Crippen molar-refractivity contribution in [3.63, 3.8) is 0 Å². The third-order valence-electron chi connectivity index (χ3n) is 4.14. The van der Waals surface area contributed by atoms with Gasteiger partial charge in [-0.3, -0.25) is 4.90 Å². The Morgan fingerprint density at radius 1 is 1.38 bits per heavy atom. The molecule has 21 heavy (non-hydrogen) atoms. The zero-order valence-electron chi connectivity index (χ0n) is 12.5. The van der Waals surface area contributed by atoms with Crippen molar-refractivity contribution in [1.82, 2.24) is 19.7 Å². The Labute approximate surface area is 124 Å². The first-order chi connectivity index (χ1) is 10.2. The molecule has 112 valence electrons. The summed E-state index contributed by atoms with van der Waals surface area (Å²) in [6.07, 6.45) is 1.79. The van der Waals surface area contributed by atoms with Crippen molar-refractivity contribution in [2.75, 3.05) is 20.2 Å². The summed E-state index contributed by atoms with van der Waals surface area (Å²) in [4.78, 5) is 2.37. The van der Waals surface area contributed by atoms with Gasteiger partial charge in [-0.05, 0) is 24.1 Å². The van der Waals surface area contributed by atoms with E-state index in [1.165, 1.54) is 5.56 Å². The van der Waals surface area contributed by atoms with Crippen LogP contribution in [0.5, 0.6) is 5.75 Å². The van der Waals surface area contributed by atoms with E-state index in [9.17, 15) is 0 Å². The number of benzene rings is 1. The van der Waals surface area contributed by atoms with Gasteiger partial charge in [0, 0.05) is 25.7 Å². The van der Waals surface area contributed by atoms with E-state index >= 15 is 0 Å². The van der Waals surface area contributed by atoms with Crippen LogP contribution >= 0.6 is 0 Å². The topological polar surface area (TPSA) is 69.2 Å². The van der Waals surface area contributed by atoms with Gasteiger partial charge in [0.15, 0.2) is 0 Å². The van der Waals surface area contributed by atoms with E-state index in [-0.39, 0.29) is 6.04 Å². The summed E-state index contributed by atoms with van der Waals surface area (Å²) in [7, 11) is 1.69. The van der Waals surface area contributed by atoms with Crippen LogP contribution in [0.25, 0.3) is 0 Å². The molecule has 2 heterocycles. The number of fused-ring (bicyclic) bond motifs is 1. The van der Waals surface area contributed by atoms with Crippen molar-refractivity contribution < 1.29 is 4.74 Å². The molecular formula is C15H21N5O. The van der Waals surface area contributed by atoms with Crippen LogP contribution in [0.1, 0.15) is 23.0 Å². The molecule has 2 N–H and O–H groups in total. The lowest BCUT2D eigenvalue weighted by molar-refractivity contribution is 0.156. The normalized spacial score (nSPS) is 16.5. The first kappa shape index (κ1) is 14.0. The number of hydrogen-bond donors (Lipinski definition) is 1. The predicted octanol–water partition coefficient (Wildman–Crippen LogP) is 1.11. The van der Waals surface area contributed by atoms with Crippen molar-refractivity contribution in [2.24, 2.45) is 5.73 Å². The molecule has 0 saturated heterocycles. The fourth-order valence-corrected chi connectivity index (χ4v) is 2.96. The molecule has 0 bridgehead atoms. The molecule has 1 unspecified atom stereocenters. The molecule has 6 heteroatoms. The van der Waals surface area contributed by atoms with Crippen molar-refractivity contribution in [3.8, 4) is 5.75 Å². The Morgan fingerprint density at radius 3 is 2.95 bits per heavy atom. The lowest BCUT2D eigenvalue weighted by atomic mass is 10.0. The molecule has 0 saturated carbocycles. The Balaban J connectivity index is 1.84. The standard InChI is InChI=1S/C15H21N5O/c1-11-7-12(3-4-14(11)21-2)13(8-16)19-5-6-20-10-17-18-15(20)9-19/h3-4,7,10,13H,5-6,8-9,16H2,1-2H3. The summed E-state index contributed by atoms with van der Waals surface area (Å²) in [5.41, 5.74) is 8.39. The largest absolute Gasteiger partial charge is 0.496 e. The van der Waals surface area contributed by atoms with Crippen molar-refractivity contribution in [2.45, 2.75) is 26.1 Å². The highest BCUT2D eigenvalue weighted by molar-refractivity contribution is 5.37. The monoisotopic (exact) mass is 287 g/mol. The minimum Gasteiger partial charge on any atom is -0.496 e. The number of aromatic nitrogens is 3. The highest BCUT2D eigenvalue weighted by Gasteiger charge is 2.25. The van der Waals surface area contributed by atoms with Gasteiger partial charge in [-0.15, -0.1) is 10.2 Å². The molecule has 1 aliphatic heterocycles. The number of nitrogens with zero attached hydrogens (tertiary/aromatic N) is 4. The van der Waals surface area contributed by atoms with Crippen molar-refractivity contribution in [3.05, 3.63) is 41.5 Å². The SMILES string of the molecule is COc1ccc(C(CN)N2CCn3cnnc3C2)cc1C. The van der Waals surface area contributed by atoms with Gasteiger partial charge in [0.1, 0.15) is 17.9 Å². The number of hydrogen-bond acceptors (Lipinski definition) is 5. The van der Waals surface area contributed by atoms with E-state index in [1.54, 1.807) is 13.4 Å². The molecular weight excluding hydrogens is 266 g/mol. The third-order valence-corrected chi connectivity index (χ3v) is 4.14. The van der Waals surface area contributed by atoms with E-state index in [1.807, 2.05) is 6.07 Å². The van der Waals surface area contributed by atoms with Crippen LogP contribution in [0, 0.1) is 6.92 Å². The average Bonchev–Trinajstić information content (AvgIpc) is 2.96. The maximum Gasteiger partial charge on any atom is 0.147 e. The highest BCUT2D eigenvalue weighted by atomic mass is 16.5. The van der Waals surface area contributed by atoms with Crippen LogP contribution in [0.3, 0.4) is 0 Å². The zero-order chi connectivity index (χ0) is 14.8. The van der Waals surface area contributed by atoms with Crippen LogP contribution in [-0.2, 0) is 13.1 Å². The molecule has 2 aromatic rings. The smallest absolute Gasteiger partial charge is 0.147 e. The van der Waals surface area contributed by atoms with Crippen LogP contribution in [0.15, 0.2) is 24.5 Å². The maximum absolute atomic E-state index is 6.04. The van der Waals surface area contributed by atoms with Gasteiger partial charge in [0.2, 0.25) is 0 Å². The summed E-state index contributed by atoms with van der Waals surface area (Å²) < 4.78 is 7.43. The minimum atomic E-state index is 0.194. The summed E-state index contributed by atoms with van der Waals surface area (Å²) in [6.45, 7) is 5.29. The van der Waals surface area contributed by atoms with Gasteiger partial charge < -0.3 is 15.0 Å². The Kier molecular flexibility index (Phi) is 3.90. The first-order valence-corrected chi connectivity index (χ1v) is 7.18. The first-order valence-electron chi connectivity index (χ1n) is 7.18. The molecule has 1 atom stereocenters. The van der Waals surface area contributed by atoms with E-state index < -0.39 is 0 Å². The highest BCUT2D eigenvalue weighted by Crippen LogP contribution is 2.27. The molecule has 3 rings (SSSR count). The van der Waals surface area contributed by atoms with Crippen LogP contribution in [0.4, 0.5) is 0 Å². The lowest BCUT2D eigenvalue weighted by Crippen LogP contribution is -2.39. The fraction of sp³-hybridized carbons (Fsp3) is 0.467. The summed E-state index contributed by atoms with van der Waals surface area (Å²) >= 11 is 0. The molecule has 0 aliphatic carbocycles. The molecule has 1 aliphatic rings. The van der Waals surface area contributed by atoms with E-state index in [2.05, 4.69) is 38.7 Å². The minimum absolute atomic E-state index is 0.194. The van der Waals surface area contributed by atoms with Crippen LogP contribution in [0.2, 0.25) is 0 Å². The molecule has 0 amide bonds. The summed E-state index contributed by atoms with van der Waals surface area (Å²) in [5, 5.41) is 8.14. The summed E-state index contributed by atoms with van der Waals surface area (Å²) in [5.74, 6) is 1.91. The second kappa shape index (κ2) is 5.83. The number of rotatable bonds is 4. The lowest BCUT2D eigenvalue weighted by Gasteiger charge is -2.34. The van der Waals surface area contributed by atoms with Crippen LogP contribution < -0.4 is 10.5 Å². The third kappa shape index (κ3) is 2.64. The van der Waals surface area contributed by atoms with Gasteiger partial charge in [0.05, 0.1) is 13.7 Å². The second-order valence-electron chi connectivity index (χ2n) is 5.39. The van der Waals surface area contributed by atoms with Gasteiger partial charge in [-0.2, -0.15) is 0 Å². The number of nitrogens with two attached hydrogens (primary N) is 1. The predicted molar refractivity (Wildman–Crippen MR) is 80.0 cm³/mol. The van der Waals surface area contributed by atoms with E-state index in [0.717, 1.165) is 36.8 Å². The van der Waals surface area contributed by atoms with Gasteiger partial charge in [-0.1, -0.05) is 12.1 Å². The van der Waals surface area contributed by atoms with Gasteiger partial charge in [-0.25, -0.2) is 0 Å². The second-order valence-corrected chi connectivity index (χ2v) is 5.39. The maximum atomic E-state index is 6.04. The zero-order valence-corrected chi connectivity index (χ0v) is 12.5. The molecule has 6 nitrogen and oxygen atoms in total. The van der Waals surface area contributed by atoms with Crippen molar-refractivity contribution in [1.29, 1.82) is 0 Å². The quantitative estimate of drug-likeness (QED) is 0.912. The molecule has 1 aromatic heterocycles. The van der Waals surface area contributed by atoms with Gasteiger partial charge in [0.25, 0.3) is 0 Å². The summed E-state index contributed by atoms with van der Waals surface area (Å²) in [6, 6.07) is 6.47. The molecule has 0 spiro atoms. The molecule has 0 radical (unpaired) electrons. The van der Waals surface area contributed by atoms with E-state index in [4.69, 9.17) is 10.5 Å². The van der Waals surface area contributed by atoms with Gasteiger partial charge >= 0.3 is 0 Å². The Hall–Kier alpha value is -1.92. The van der Waals surface area contributed by atoms with E-state index in [0.29, 0.717) is 6.54 Å². The number of ether oxygens (including phenoxy) is 1. The average molecular weight is 287 g/mol.